The summed E-state index contributed by atoms with van der Waals surface area (Å²) >= 11 is 0. The number of carbonyl (C=O) groups is 1. The Morgan fingerprint density at radius 3 is 2.12 bits per heavy atom. The molecule has 0 radical (unpaired) electrons. The quantitative estimate of drug-likeness (QED) is 0.354. The molecule has 94 valence electrons. The molecule has 0 aromatic heterocycles. The van der Waals surface area contributed by atoms with Gasteiger partial charge in [0.15, 0.2) is 0 Å². The van der Waals surface area contributed by atoms with Crippen molar-refractivity contribution in [3.63, 3.8) is 0 Å². The minimum absolute atomic E-state index is 0.445. The molecule has 0 spiro atoms. The third-order valence-corrected chi connectivity index (χ3v) is 2.75. The van der Waals surface area contributed by atoms with E-state index in [1.54, 1.807) is 0 Å². The van der Waals surface area contributed by atoms with Gasteiger partial charge >= 0.3 is 0 Å². The summed E-state index contributed by atoms with van der Waals surface area (Å²) in [6, 6.07) is 0. The second kappa shape index (κ2) is 12.5. The van der Waals surface area contributed by atoms with E-state index in [1.165, 1.54) is 38.5 Å². The van der Waals surface area contributed by atoms with Crippen molar-refractivity contribution in [2.24, 2.45) is 0 Å². The van der Waals surface area contributed by atoms with Crippen LogP contribution in [0.2, 0.25) is 0 Å². The van der Waals surface area contributed by atoms with Gasteiger partial charge in [-0.2, -0.15) is 0 Å². The number of hydrogen-bond acceptors (Lipinski definition) is 1. The highest BCUT2D eigenvalue weighted by atomic mass is 16.1. The first-order valence-corrected chi connectivity index (χ1v) is 6.98. The number of hydrogen-bond donors (Lipinski definition) is 0. The minimum Gasteiger partial charge on any atom is -0.300 e. The molecule has 1 nitrogen and oxygen atoms in total. The second-order valence-corrected chi connectivity index (χ2v) is 4.50. The van der Waals surface area contributed by atoms with Crippen LogP contribution >= 0.6 is 0 Å². The molecule has 0 amide bonds. The Morgan fingerprint density at radius 1 is 0.812 bits per heavy atom. The summed E-state index contributed by atoms with van der Waals surface area (Å²) in [5.41, 5.74) is 0. The molecule has 0 aliphatic heterocycles. The molecule has 0 bridgehead atoms. The number of carbonyl (C=O) groups excluding carboxylic acids is 1. The van der Waals surface area contributed by atoms with Crippen molar-refractivity contribution in [2.75, 3.05) is 0 Å². The molecule has 0 N–H and O–H groups in total. The monoisotopic (exact) mass is 224 g/mol. The molecule has 0 atom stereocenters. The van der Waals surface area contributed by atoms with Crippen molar-refractivity contribution in [2.45, 2.75) is 78.1 Å². The Balaban J connectivity index is 3.15. The van der Waals surface area contributed by atoms with Gasteiger partial charge in [0.05, 0.1) is 0 Å². The molecule has 0 aliphatic rings. The molecule has 0 rings (SSSR count). The van der Waals surface area contributed by atoms with Crippen LogP contribution in [0.25, 0.3) is 0 Å². The highest BCUT2D eigenvalue weighted by molar-refractivity contribution is 5.78. The zero-order valence-corrected chi connectivity index (χ0v) is 11.1. The number of rotatable bonds is 11. The standard InChI is InChI=1S/C15H28O/c1-3-5-6-7-8-9-10-11-12-14-15(16)13-4-2/h7-8H,3-6,9-14H2,1-2H3. The van der Waals surface area contributed by atoms with Crippen LogP contribution in [0.15, 0.2) is 12.2 Å². The summed E-state index contributed by atoms with van der Waals surface area (Å²) in [5, 5.41) is 0. The van der Waals surface area contributed by atoms with E-state index in [0.717, 1.165) is 25.7 Å². The molecule has 0 heterocycles. The van der Waals surface area contributed by atoms with Crippen LogP contribution in [0.1, 0.15) is 78.1 Å². The predicted octanol–water partition coefficient (Wildman–Crippen LogP) is 5.05. The van der Waals surface area contributed by atoms with Crippen LogP contribution in [-0.4, -0.2) is 5.78 Å². The Labute approximate surface area is 101 Å². The third kappa shape index (κ3) is 11.5. The number of unbranched alkanes of at least 4 members (excludes halogenated alkanes) is 5. The van der Waals surface area contributed by atoms with E-state index in [-0.39, 0.29) is 0 Å². The van der Waals surface area contributed by atoms with E-state index in [0.29, 0.717) is 5.78 Å². The fourth-order valence-electron chi connectivity index (χ4n) is 1.72. The van der Waals surface area contributed by atoms with Crippen molar-refractivity contribution in [1.82, 2.24) is 0 Å². The van der Waals surface area contributed by atoms with E-state index in [9.17, 15) is 4.79 Å². The van der Waals surface area contributed by atoms with Crippen LogP contribution in [-0.2, 0) is 4.79 Å². The van der Waals surface area contributed by atoms with Crippen LogP contribution in [0, 0.1) is 0 Å². The summed E-state index contributed by atoms with van der Waals surface area (Å²) in [7, 11) is 0. The number of Topliss-reactive ketones (excluding diaryl/α,β-unsaturated/α-hetero) is 1. The summed E-state index contributed by atoms with van der Waals surface area (Å²) in [4.78, 5) is 11.2. The SMILES string of the molecule is CCCCC=CCCCCCC(=O)CCC. The van der Waals surface area contributed by atoms with Crippen LogP contribution in [0.5, 0.6) is 0 Å². The van der Waals surface area contributed by atoms with E-state index >= 15 is 0 Å². The number of allylic oxidation sites excluding steroid dienone is 2. The third-order valence-electron chi connectivity index (χ3n) is 2.75. The van der Waals surface area contributed by atoms with Gasteiger partial charge in [0.2, 0.25) is 0 Å². The zero-order chi connectivity index (χ0) is 12.1. The van der Waals surface area contributed by atoms with E-state index in [1.807, 2.05) is 0 Å². The molecular weight excluding hydrogens is 196 g/mol. The van der Waals surface area contributed by atoms with Gasteiger partial charge in [0.1, 0.15) is 5.78 Å². The van der Waals surface area contributed by atoms with Crippen LogP contribution < -0.4 is 0 Å². The lowest BCUT2D eigenvalue weighted by molar-refractivity contribution is -0.119. The van der Waals surface area contributed by atoms with Gasteiger partial charge in [0.25, 0.3) is 0 Å². The zero-order valence-electron chi connectivity index (χ0n) is 11.1. The highest BCUT2D eigenvalue weighted by Crippen LogP contribution is 2.07. The van der Waals surface area contributed by atoms with Crippen molar-refractivity contribution >= 4 is 5.78 Å². The lowest BCUT2D eigenvalue weighted by atomic mass is 10.1. The summed E-state index contributed by atoms with van der Waals surface area (Å²) in [6.07, 6.45) is 15.7. The molecule has 0 aliphatic carbocycles. The van der Waals surface area contributed by atoms with Gasteiger partial charge in [-0.15, -0.1) is 0 Å². The second-order valence-electron chi connectivity index (χ2n) is 4.50. The topological polar surface area (TPSA) is 17.1 Å². The first-order valence-electron chi connectivity index (χ1n) is 6.98. The summed E-state index contributed by atoms with van der Waals surface area (Å²) in [6.45, 7) is 4.29. The van der Waals surface area contributed by atoms with Gasteiger partial charge < -0.3 is 0 Å². The first kappa shape index (κ1) is 15.4. The van der Waals surface area contributed by atoms with Gasteiger partial charge in [-0.25, -0.2) is 0 Å². The van der Waals surface area contributed by atoms with Gasteiger partial charge in [0, 0.05) is 12.8 Å². The molecule has 0 aromatic rings. The fraction of sp³-hybridized carbons (Fsp3) is 0.800. The number of ketones is 1. The average Bonchev–Trinajstić information content (AvgIpc) is 2.27. The van der Waals surface area contributed by atoms with Crippen LogP contribution in [0.3, 0.4) is 0 Å². The van der Waals surface area contributed by atoms with Crippen molar-refractivity contribution in [3.8, 4) is 0 Å². The maximum atomic E-state index is 11.2. The van der Waals surface area contributed by atoms with E-state index < -0.39 is 0 Å². The lowest BCUT2D eigenvalue weighted by Crippen LogP contribution is -1.95. The highest BCUT2D eigenvalue weighted by Gasteiger charge is 1.98. The summed E-state index contributed by atoms with van der Waals surface area (Å²) in [5.74, 6) is 0.445. The Kier molecular flexibility index (Phi) is 12.0. The Morgan fingerprint density at radius 2 is 1.50 bits per heavy atom. The maximum absolute atomic E-state index is 11.2. The normalized spacial score (nSPS) is 11.1. The molecule has 0 unspecified atom stereocenters. The largest absolute Gasteiger partial charge is 0.300 e. The summed E-state index contributed by atoms with van der Waals surface area (Å²) < 4.78 is 0. The predicted molar refractivity (Wildman–Crippen MR) is 71.7 cm³/mol. The van der Waals surface area contributed by atoms with Gasteiger partial charge in [-0.05, 0) is 32.1 Å². The first-order chi connectivity index (χ1) is 7.81. The molecule has 0 saturated heterocycles. The van der Waals surface area contributed by atoms with Gasteiger partial charge in [-0.3, -0.25) is 4.79 Å². The maximum Gasteiger partial charge on any atom is 0.132 e. The van der Waals surface area contributed by atoms with Gasteiger partial charge in [-0.1, -0.05) is 45.3 Å². The Bertz CT molecular complexity index is 182. The van der Waals surface area contributed by atoms with E-state index in [4.69, 9.17) is 0 Å². The molecular formula is C15H28O. The molecule has 0 aromatic carbocycles. The fourth-order valence-corrected chi connectivity index (χ4v) is 1.72. The molecule has 1 heteroatoms. The van der Waals surface area contributed by atoms with Crippen LogP contribution in [0.4, 0.5) is 0 Å². The average molecular weight is 224 g/mol. The molecule has 0 fully saturated rings. The van der Waals surface area contributed by atoms with Crippen molar-refractivity contribution in [1.29, 1.82) is 0 Å². The van der Waals surface area contributed by atoms with Crippen molar-refractivity contribution < 1.29 is 4.79 Å². The lowest BCUT2D eigenvalue weighted by Gasteiger charge is -1.98. The molecule has 16 heavy (non-hydrogen) atoms. The Hall–Kier alpha value is -0.590. The smallest absolute Gasteiger partial charge is 0.132 e. The minimum atomic E-state index is 0.445. The van der Waals surface area contributed by atoms with E-state index in [2.05, 4.69) is 26.0 Å². The van der Waals surface area contributed by atoms with Crippen molar-refractivity contribution in [3.05, 3.63) is 12.2 Å². The molecule has 0 saturated carbocycles.